The third kappa shape index (κ3) is 13.3. The normalized spacial score (nSPS) is 13.6. The largest absolute Gasteiger partial charge is 0.477 e. The van der Waals surface area contributed by atoms with Crippen LogP contribution in [-0.4, -0.2) is 102 Å². The zero-order chi connectivity index (χ0) is 46.6. The Hall–Kier alpha value is -7.39. The zero-order valence-electron chi connectivity index (χ0n) is 34.4. The Morgan fingerprint density at radius 2 is 1.52 bits per heavy atom. The summed E-state index contributed by atoms with van der Waals surface area (Å²) in [5, 5.41) is 18.4. The van der Waals surface area contributed by atoms with Gasteiger partial charge in [-0.1, -0.05) is 42.5 Å². The fraction of sp³-hybridized carbons (Fsp3) is 0.357. The number of urea groups is 1. The number of fused-ring (bicyclic) bond motifs is 1. The lowest BCUT2D eigenvalue weighted by molar-refractivity contribution is -0.149. The van der Waals surface area contributed by atoms with Crippen LogP contribution in [0.15, 0.2) is 77.7 Å². The fourth-order valence-electron chi connectivity index (χ4n) is 6.74. The summed E-state index contributed by atoms with van der Waals surface area (Å²) in [6.07, 6.45) is -7.49. The van der Waals surface area contributed by atoms with E-state index in [0.717, 1.165) is 6.07 Å². The van der Waals surface area contributed by atoms with Crippen LogP contribution in [0, 0.1) is 5.82 Å². The summed E-state index contributed by atoms with van der Waals surface area (Å²) in [4.78, 5) is 90.6. The zero-order valence-corrected chi connectivity index (χ0v) is 34.4. The maximum absolute atomic E-state index is 15.3. The Labute approximate surface area is 362 Å². The van der Waals surface area contributed by atoms with E-state index in [0.29, 0.717) is 23.2 Å². The molecule has 6 amide bonds. The molecule has 342 valence electrons. The Kier molecular flexibility index (Phi) is 16.1. The number of primary amides is 1. The molecule has 1 fully saturated rings. The van der Waals surface area contributed by atoms with Gasteiger partial charge in [0.2, 0.25) is 17.2 Å². The predicted octanol–water partition coefficient (Wildman–Crippen LogP) is 4.44. The number of alkyl halides is 3. The van der Waals surface area contributed by atoms with Crippen LogP contribution in [0.2, 0.25) is 0 Å². The van der Waals surface area contributed by atoms with E-state index in [2.05, 4.69) is 16.0 Å². The monoisotopic (exact) mass is 898 g/mol. The van der Waals surface area contributed by atoms with Gasteiger partial charge in [-0.3, -0.25) is 14.4 Å². The fourth-order valence-corrected chi connectivity index (χ4v) is 6.74. The van der Waals surface area contributed by atoms with Crippen LogP contribution < -0.4 is 37.3 Å². The lowest BCUT2D eigenvalue weighted by Gasteiger charge is -2.35. The van der Waals surface area contributed by atoms with Gasteiger partial charge in [-0.15, -0.1) is 0 Å². The summed E-state index contributed by atoms with van der Waals surface area (Å²) in [6, 6.07) is 12.3. The number of benzene rings is 3. The lowest BCUT2D eigenvalue weighted by Crippen LogP contribution is -2.54. The Bertz CT molecular complexity index is 2390. The van der Waals surface area contributed by atoms with Crippen LogP contribution in [-0.2, 0) is 38.8 Å². The van der Waals surface area contributed by atoms with Gasteiger partial charge in [0.15, 0.2) is 0 Å². The van der Waals surface area contributed by atoms with Crippen molar-refractivity contribution in [2.45, 2.75) is 64.2 Å². The minimum Gasteiger partial charge on any atom is -0.477 e. The predicted molar refractivity (Wildman–Crippen MR) is 223 cm³/mol. The van der Waals surface area contributed by atoms with E-state index in [4.69, 9.17) is 15.2 Å². The smallest absolute Gasteiger partial charge is 0.410 e. The minimum atomic E-state index is -4.90. The molecule has 0 saturated carbocycles. The number of aromatic carboxylic acids is 1. The Morgan fingerprint density at radius 3 is 2.14 bits per heavy atom. The number of hydrogen-bond acceptors (Lipinski definition) is 10. The number of carboxylic acids is 1. The average molecular weight is 899 g/mol. The van der Waals surface area contributed by atoms with Crippen molar-refractivity contribution in [2.24, 2.45) is 5.73 Å². The van der Waals surface area contributed by atoms with E-state index in [1.807, 2.05) is 5.32 Å². The molecule has 1 aliphatic heterocycles. The van der Waals surface area contributed by atoms with Gasteiger partial charge in [-0.05, 0) is 55.2 Å². The number of nitrogens with two attached hydrogens (primary N) is 1. The number of aromatic nitrogens is 1. The quantitative estimate of drug-likeness (QED) is 0.0640. The molecule has 1 saturated heterocycles. The maximum Gasteiger partial charge on any atom is 0.410 e. The van der Waals surface area contributed by atoms with Gasteiger partial charge < -0.3 is 55.9 Å². The highest BCUT2D eigenvalue weighted by Gasteiger charge is 2.38. The molecule has 22 heteroatoms. The molecule has 18 nitrogen and oxygen atoms in total. The van der Waals surface area contributed by atoms with Crippen molar-refractivity contribution < 1.29 is 60.9 Å². The highest BCUT2D eigenvalue weighted by Crippen LogP contribution is 2.27. The third-order valence-electron chi connectivity index (χ3n) is 10.0. The SMILES string of the molecule is CCn1cc(C(=O)O)c(=O)c2cc(F)c(N3CCN(C(=O)OCc4ccc(NC(=O)[C@H](CCCNC(N)=O)NC(=O)[C@H](CC(F)(F)F)NC(=O)OCc5ccccc5)cc4)CC3)cc21. The van der Waals surface area contributed by atoms with Crippen LogP contribution in [0.25, 0.3) is 10.9 Å². The summed E-state index contributed by atoms with van der Waals surface area (Å²) < 4.78 is 67.9. The first-order valence-corrected chi connectivity index (χ1v) is 20.0. The van der Waals surface area contributed by atoms with Gasteiger partial charge in [0.05, 0.1) is 17.6 Å². The van der Waals surface area contributed by atoms with Gasteiger partial charge in [-0.2, -0.15) is 13.2 Å². The lowest BCUT2D eigenvalue weighted by atomic mass is 10.1. The number of aryl methyl sites for hydroxylation is 1. The summed E-state index contributed by atoms with van der Waals surface area (Å²) in [5.41, 5.74) is 5.64. The first kappa shape index (κ1) is 47.7. The second kappa shape index (κ2) is 21.6. The summed E-state index contributed by atoms with van der Waals surface area (Å²) >= 11 is 0. The molecule has 0 spiro atoms. The minimum absolute atomic E-state index is 0.0292. The first-order chi connectivity index (χ1) is 30.4. The van der Waals surface area contributed by atoms with Gasteiger partial charge in [0.1, 0.15) is 36.7 Å². The van der Waals surface area contributed by atoms with E-state index < -0.39 is 77.5 Å². The second-order valence-corrected chi connectivity index (χ2v) is 14.6. The van der Waals surface area contributed by atoms with E-state index in [-0.39, 0.29) is 75.5 Å². The summed E-state index contributed by atoms with van der Waals surface area (Å²) in [5.74, 6) is -4.29. The molecule has 3 aromatic carbocycles. The van der Waals surface area contributed by atoms with Crippen molar-refractivity contribution in [1.29, 1.82) is 0 Å². The number of ether oxygens (including phenoxy) is 2. The standard InChI is InChI=1S/C42H46F4N8O10/c1-2-52-22-29(38(58)59)35(55)28-19-30(43)34(20-33(28)52)53-15-17-54(18-16-53)41(62)64-24-26-10-12-27(13-11-26)49-36(56)31(9-6-14-48-39(47)60)50-37(57)32(21-42(44,45)46)51-40(61)63-23-25-7-4-3-5-8-25/h3-5,7-8,10-13,19-20,22,31-32H,2,6,9,14-18,21,23-24H2,1H3,(H,49,56)(H,50,57)(H,51,61)(H,58,59)(H3,47,48,60)/t31-,32-/m0/s1. The molecule has 64 heavy (non-hydrogen) atoms. The number of alkyl carbamates (subject to hydrolysis) is 1. The van der Waals surface area contributed by atoms with E-state index in [1.54, 1.807) is 46.7 Å². The molecule has 1 aromatic heterocycles. The molecule has 2 atom stereocenters. The number of hydrogen-bond donors (Lipinski definition) is 6. The second-order valence-electron chi connectivity index (χ2n) is 14.6. The van der Waals surface area contributed by atoms with Crippen LogP contribution in [0.5, 0.6) is 0 Å². The number of amides is 6. The number of anilines is 2. The number of carbonyl (C=O) groups is 6. The molecular formula is C42H46F4N8O10. The molecule has 5 rings (SSSR count). The molecule has 1 aliphatic rings. The number of carbonyl (C=O) groups excluding carboxylic acids is 5. The molecule has 0 radical (unpaired) electrons. The van der Waals surface area contributed by atoms with Gasteiger partial charge in [-0.25, -0.2) is 23.6 Å². The third-order valence-corrected chi connectivity index (χ3v) is 10.0. The van der Waals surface area contributed by atoms with Crippen molar-refractivity contribution in [3.05, 3.63) is 106 Å². The van der Waals surface area contributed by atoms with E-state index in [1.165, 1.54) is 41.4 Å². The van der Waals surface area contributed by atoms with Crippen molar-refractivity contribution in [3.63, 3.8) is 0 Å². The van der Waals surface area contributed by atoms with Crippen molar-refractivity contribution in [2.75, 3.05) is 42.9 Å². The number of nitrogens with one attached hydrogen (secondary N) is 4. The van der Waals surface area contributed by atoms with E-state index >= 15 is 4.39 Å². The summed E-state index contributed by atoms with van der Waals surface area (Å²) in [7, 11) is 0. The highest BCUT2D eigenvalue weighted by molar-refractivity contribution is 5.98. The molecule has 2 heterocycles. The van der Waals surface area contributed by atoms with Crippen molar-refractivity contribution in [1.82, 2.24) is 25.4 Å². The van der Waals surface area contributed by atoms with Crippen LogP contribution in [0.1, 0.15) is 47.7 Å². The van der Waals surface area contributed by atoms with Crippen LogP contribution in [0.3, 0.4) is 0 Å². The van der Waals surface area contributed by atoms with Crippen LogP contribution >= 0.6 is 0 Å². The first-order valence-electron chi connectivity index (χ1n) is 20.0. The van der Waals surface area contributed by atoms with Gasteiger partial charge >= 0.3 is 30.4 Å². The van der Waals surface area contributed by atoms with Gasteiger partial charge in [0.25, 0.3) is 0 Å². The van der Waals surface area contributed by atoms with Crippen LogP contribution in [0.4, 0.5) is 43.3 Å². The Morgan fingerprint density at radius 1 is 0.859 bits per heavy atom. The number of pyridine rings is 1. The van der Waals surface area contributed by atoms with Crippen molar-refractivity contribution >= 4 is 58.3 Å². The molecule has 0 aliphatic carbocycles. The highest BCUT2D eigenvalue weighted by atomic mass is 19.4. The molecular weight excluding hydrogens is 852 g/mol. The molecule has 0 unspecified atom stereocenters. The number of halogens is 4. The maximum atomic E-state index is 15.3. The Balaban J connectivity index is 1.16. The van der Waals surface area contributed by atoms with E-state index in [9.17, 15) is 51.8 Å². The number of nitrogens with zero attached hydrogens (tertiary/aromatic N) is 3. The molecule has 4 aromatic rings. The average Bonchev–Trinajstić information content (AvgIpc) is 3.26. The summed E-state index contributed by atoms with van der Waals surface area (Å²) in [6.45, 7) is 2.38. The van der Waals surface area contributed by atoms with Gasteiger partial charge in [0, 0.05) is 56.5 Å². The number of piperazine rings is 1. The van der Waals surface area contributed by atoms with Crippen molar-refractivity contribution in [3.8, 4) is 0 Å². The number of carboxylic acid groups (broad SMARTS) is 1. The topological polar surface area (TPSA) is 244 Å². The molecule has 7 N–H and O–H groups in total. The number of rotatable bonds is 17. The molecule has 0 bridgehead atoms.